The van der Waals surface area contributed by atoms with Crippen LogP contribution in [0.2, 0.25) is 0 Å². The maximum atomic E-state index is 13.7. The molecule has 2 aliphatic rings. The summed E-state index contributed by atoms with van der Waals surface area (Å²) in [4.78, 5) is 36.9. The van der Waals surface area contributed by atoms with Gasteiger partial charge in [0, 0.05) is 68.0 Å². The third kappa shape index (κ3) is 6.37. The molecule has 2 aromatic carbocycles. The Bertz CT molecular complexity index is 1260. The van der Waals surface area contributed by atoms with E-state index in [9.17, 15) is 9.59 Å². The Labute approximate surface area is 225 Å². The number of H-pyrrole nitrogens is 1. The number of amides is 3. The molecule has 8 nitrogen and oxygen atoms in total. The zero-order valence-corrected chi connectivity index (χ0v) is 22.7. The van der Waals surface area contributed by atoms with Gasteiger partial charge in [0.05, 0.1) is 0 Å². The fourth-order valence-corrected chi connectivity index (χ4v) is 5.42. The molecule has 202 valence electrons. The molecule has 3 N–H and O–H groups in total. The summed E-state index contributed by atoms with van der Waals surface area (Å²) in [5.74, 6) is 0.387. The molecule has 1 saturated heterocycles. The first kappa shape index (κ1) is 26.3. The van der Waals surface area contributed by atoms with E-state index in [-0.39, 0.29) is 17.9 Å². The molecular weight excluding hydrogens is 476 g/mol. The van der Waals surface area contributed by atoms with Crippen LogP contribution >= 0.6 is 0 Å². The highest BCUT2D eigenvalue weighted by Gasteiger charge is 2.33. The van der Waals surface area contributed by atoms with Crippen molar-refractivity contribution in [3.05, 3.63) is 65.9 Å². The first-order chi connectivity index (χ1) is 18.4. The first-order valence-electron chi connectivity index (χ1n) is 13.8. The standard InChI is InChI=1S/C30H40N6O2/c1-21(26-18-31-27-10-5-4-9-25(26)27)28(29(37)32-24-8-6-7-23(17-24)19-34(2)3)33-30(38)36-15-13-35(14-16-36)20-22-11-12-22/h4-10,17-18,21-22,28,31H,11-16,19-20H2,1-3H3,(H,32,37)(H,33,38). The third-order valence-corrected chi connectivity index (χ3v) is 7.74. The molecule has 2 heterocycles. The van der Waals surface area contributed by atoms with E-state index in [0.29, 0.717) is 13.1 Å². The van der Waals surface area contributed by atoms with Crippen LogP contribution in [0.4, 0.5) is 10.5 Å². The van der Waals surface area contributed by atoms with Crippen molar-refractivity contribution in [2.24, 2.45) is 5.92 Å². The van der Waals surface area contributed by atoms with E-state index in [0.717, 1.165) is 59.8 Å². The van der Waals surface area contributed by atoms with Gasteiger partial charge in [-0.1, -0.05) is 37.3 Å². The van der Waals surface area contributed by atoms with Gasteiger partial charge < -0.3 is 25.4 Å². The van der Waals surface area contributed by atoms with Crippen LogP contribution in [0.15, 0.2) is 54.7 Å². The van der Waals surface area contributed by atoms with Crippen molar-refractivity contribution >= 4 is 28.5 Å². The highest BCUT2D eigenvalue weighted by Crippen LogP contribution is 2.30. The Morgan fingerprint density at radius 3 is 2.55 bits per heavy atom. The average Bonchev–Trinajstić information content (AvgIpc) is 3.61. The van der Waals surface area contributed by atoms with Gasteiger partial charge in [-0.3, -0.25) is 9.69 Å². The number of carbonyl (C=O) groups is 2. The quantitative estimate of drug-likeness (QED) is 0.400. The van der Waals surface area contributed by atoms with Crippen molar-refractivity contribution in [1.29, 1.82) is 0 Å². The molecule has 3 aromatic rings. The minimum atomic E-state index is -0.733. The molecule has 8 heteroatoms. The van der Waals surface area contributed by atoms with Crippen LogP contribution in [0.1, 0.15) is 36.8 Å². The Balaban J connectivity index is 1.33. The lowest BCUT2D eigenvalue weighted by molar-refractivity contribution is -0.118. The number of anilines is 1. The number of piperazine rings is 1. The van der Waals surface area contributed by atoms with Crippen LogP contribution < -0.4 is 10.6 Å². The average molecular weight is 517 g/mol. The van der Waals surface area contributed by atoms with Crippen molar-refractivity contribution in [1.82, 2.24) is 25.0 Å². The van der Waals surface area contributed by atoms with Crippen molar-refractivity contribution in [3.8, 4) is 0 Å². The largest absolute Gasteiger partial charge is 0.361 e. The molecule has 0 radical (unpaired) electrons. The van der Waals surface area contributed by atoms with Gasteiger partial charge in [-0.05, 0) is 62.2 Å². The molecule has 2 atom stereocenters. The van der Waals surface area contributed by atoms with Crippen LogP contribution in [0, 0.1) is 5.92 Å². The maximum absolute atomic E-state index is 13.7. The summed E-state index contributed by atoms with van der Waals surface area (Å²) in [5.41, 5.74) is 3.87. The predicted octanol–water partition coefficient (Wildman–Crippen LogP) is 4.08. The van der Waals surface area contributed by atoms with Crippen LogP contribution in [-0.2, 0) is 11.3 Å². The van der Waals surface area contributed by atoms with E-state index in [4.69, 9.17) is 0 Å². The smallest absolute Gasteiger partial charge is 0.318 e. The molecular formula is C30H40N6O2. The van der Waals surface area contributed by atoms with E-state index in [1.165, 1.54) is 12.8 Å². The van der Waals surface area contributed by atoms with Crippen LogP contribution in [0.3, 0.4) is 0 Å². The monoisotopic (exact) mass is 516 g/mol. The van der Waals surface area contributed by atoms with Gasteiger partial charge in [0.1, 0.15) is 6.04 Å². The number of rotatable bonds is 9. The molecule has 5 rings (SSSR count). The Morgan fingerprint density at radius 2 is 1.82 bits per heavy atom. The number of nitrogens with one attached hydrogen (secondary N) is 3. The van der Waals surface area contributed by atoms with Crippen molar-refractivity contribution < 1.29 is 9.59 Å². The molecule has 0 bridgehead atoms. The highest BCUT2D eigenvalue weighted by atomic mass is 16.2. The van der Waals surface area contributed by atoms with Crippen LogP contribution in [0.25, 0.3) is 10.9 Å². The number of fused-ring (bicyclic) bond motifs is 1. The molecule has 38 heavy (non-hydrogen) atoms. The lowest BCUT2D eigenvalue weighted by Crippen LogP contribution is -2.56. The molecule has 3 amide bonds. The Kier molecular flexibility index (Phi) is 8.00. The molecule has 1 aromatic heterocycles. The molecule has 2 unspecified atom stereocenters. The van der Waals surface area contributed by atoms with E-state index in [1.54, 1.807) is 0 Å². The summed E-state index contributed by atoms with van der Waals surface area (Å²) in [6, 6.07) is 15.0. The van der Waals surface area contributed by atoms with E-state index in [1.807, 2.05) is 74.6 Å². The summed E-state index contributed by atoms with van der Waals surface area (Å²) in [5, 5.41) is 7.25. The predicted molar refractivity (Wildman–Crippen MR) is 152 cm³/mol. The van der Waals surface area contributed by atoms with E-state index in [2.05, 4.69) is 31.5 Å². The lowest BCUT2D eigenvalue weighted by Gasteiger charge is -2.36. The summed E-state index contributed by atoms with van der Waals surface area (Å²) >= 11 is 0. The van der Waals surface area contributed by atoms with Gasteiger partial charge in [-0.2, -0.15) is 0 Å². The lowest BCUT2D eigenvalue weighted by atomic mass is 9.92. The van der Waals surface area contributed by atoms with Crippen LogP contribution in [0.5, 0.6) is 0 Å². The zero-order chi connectivity index (χ0) is 26.6. The minimum Gasteiger partial charge on any atom is -0.361 e. The number of benzene rings is 2. The normalized spacial score (nSPS) is 17.9. The number of aromatic amines is 1. The highest BCUT2D eigenvalue weighted by molar-refractivity contribution is 5.98. The number of hydrogen-bond donors (Lipinski definition) is 3. The summed E-state index contributed by atoms with van der Waals surface area (Å²) in [6.07, 6.45) is 4.62. The summed E-state index contributed by atoms with van der Waals surface area (Å²) < 4.78 is 0. The van der Waals surface area contributed by atoms with Gasteiger partial charge >= 0.3 is 6.03 Å². The molecule has 1 aliphatic heterocycles. The number of carbonyl (C=O) groups excluding carboxylic acids is 2. The van der Waals surface area contributed by atoms with Gasteiger partial charge in [0.2, 0.25) is 5.91 Å². The van der Waals surface area contributed by atoms with E-state index < -0.39 is 6.04 Å². The second-order valence-electron chi connectivity index (χ2n) is 11.2. The van der Waals surface area contributed by atoms with Gasteiger partial charge in [0.25, 0.3) is 0 Å². The second-order valence-corrected chi connectivity index (χ2v) is 11.2. The summed E-state index contributed by atoms with van der Waals surface area (Å²) in [7, 11) is 4.04. The molecule has 0 spiro atoms. The zero-order valence-electron chi connectivity index (χ0n) is 22.7. The second kappa shape index (κ2) is 11.6. The van der Waals surface area contributed by atoms with Crippen molar-refractivity contribution in [3.63, 3.8) is 0 Å². The van der Waals surface area contributed by atoms with Gasteiger partial charge in [0.15, 0.2) is 0 Å². The topological polar surface area (TPSA) is 83.7 Å². The number of para-hydroxylation sites is 1. The molecule has 2 fully saturated rings. The number of urea groups is 1. The number of nitrogens with zero attached hydrogens (tertiary/aromatic N) is 3. The first-order valence-corrected chi connectivity index (χ1v) is 13.8. The van der Waals surface area contributed by atoms with Gasteiger partial charge in [-0.15, -0.1) is 0 Å². The SMILES string of the molecule is CC(c1c[nH]c2ccccc12)C(NC(=O)N1CCN(CC2CC2)CC1)C(=O)Nc1cccc(CN(C)C)c1. The number of aromatic nitrogens is 1. The molecule has 1 aliphatic carbocycles. The minimum absolute atomic E-state index is 0.177. The van der Waals surface area contributed by atoms with Crippen molar-refractivity contribution in [2.45, 2.75) is 38.3 Å². The Morgan fingerprint density at radius 1 is 1.05 bits per heavy atom. The molecule has 1 saturated carbocycles. The van der Waals surface area contributed by atoms with Crippen molar-refractivity contribution in [2.75, 3.05) is 52.1 Å². The Hall–Kier alpha value is -3.36. The maximum Gasteiger partial charge on any atom is 0.318 e. The fourth-order valence-electron chi connectivity index (χ4n) is 5.42. The van der Waals surface area contributed by atoms with E-state index >= 15 is 0 Å². The summed E-state index contributed by atoms with van der Waals surface area (Å²) in [6.45, 7) is 7.07. The number of hydrogen-bond acceptors (Lipinski definition) is 4. The van der Waals surface area contributed by atoms with Gasteiger partial charge in [-0.25, -0.2) is 4.79 Å². The third-order valence-electron chi connectivity index (χ3n) is 7.74. The van der Waals surface area contributed by atoms with Crippen LogP contribution in [-0.4, -0.2) is 84.5 Å². The fraction of sp³-hybridized carbons (Fsp3) is 0.467.